The average molecular weight is 393 g/mol. The van der Waals surface area contributed by atoms with Crippen LogP contribution in [0.25, 0.3) is 0 Å². The van der Waals surface area contributed by atoms with E-state index in [0.717, 1.165) is 31.5 Å². The Kier molecular flexibility index (Phi) is 7.75. The summed E-state index contributed by atoms with van der Waals surface area (Å²) in [6.45, 7) is 7.18. The summed E-state index contributed by atoms with van der Waals surface area (Å²) in [4.78, 5) is 6.08. The molecule has 0 spiro atoms. The number of guanidine groups is 1. The zero-order valence-electron chi connectivity index (χ0n) is 11.7. The molecule has 1 heterocycles. The van der Waals surface area contributed by atoms with E-state index in [1.807, 2.05) is 11.3 Å². The molecule has 1 aromatic rings. The molecule has 1 aliphatic rings. The molecule has 108 valence electrons. The van der Waals surface area contributed by atoms with Gasteiger partial charge in [0, 0.05) is 23.9 Å². The zero-order valence-corrected chi connectivity index (χ0v) is 14.8. The van der Waals surface area contributed by atoms with Crippen molar-refractivity contribution in [3.8, 4) is 0 Å². The minimum atomic E-state index is 0. The number of hydrogen-bond acceptors (Lipinski definition) is 2. The molecule has 1 saturated carbocycles. The van der Waals surface area contributed by atoms with Crippen molar-refractivity contribution in [3.05, 3.63) is 22.4 Å². The van der Waals surface area contributed by atoms with E-state index in [1.165, 1.54) is 17.7 Å². The maximum atomic E-state index is 4.67. The lowest BCUT2D eigenvalue weighted by Crippen LogP contribution is -2.38. The van der Waals surface area contributed by atoms with Gasteiger partial charge in [0.1, 0.15) is 0 Å². The van der Waals surface area contributed by atoms with Crippen molar-refractivity contribution in [1.82, 2.24) is 10.6 Å². The molecule has 1 atom stereocenters. The summed E-state index contributed by atoms with van der Waals surface area (Å²) in [7, 11) is 0. The lowest BCUT2D eigenvalue weighted by molar-refractivity contribution is 0.724. The summed E-state index contributed by atoms with van der Waals surface area (Å²) in [5, 5.41) is 8.87. The number of nitrogens with zero attached hydrogens (tertiary/aromatic N) is 1. The van der Waals surface area contributed by atoms with Crippen LogP contribution in [0.3, 0.4) is 0 Å². The van der Waals surface area contributed by atoms with Crippen molar-refractivity contribution in [3.63, 3.8) is 0 Å². The van der Waals surface area contributed by atoms with Crippen molar-refractivity contribution in [2.45, 2.75) is 32.6 Å². The van der Waals surface area contributed by atoms with Crippen LogP contribution in [-0.2, 0) is 0 Å². The van der Waals surface area contributed by atoms with Crippen LogP contribution in [0, 0.1) is 5.92 Å². The quantitative estimate of drug-likeness (QED) is 0.441. The van der Waals surface area contributed by atoms with Gasteiger partial charge in [-0.3, -0.25) is 4.99 Å². The average Bonchev–Trinajstić information content (AvgIpc) is 3.04. The van der Waals surface area contributed by atoms with Crippen LogP contribution in [0.5, 0.6) is 0 Å². The third-order valence-corrected chi connectivity index (χ3v) is 4.26. The fourth-order valence-electron chi connectivity index (χ4n) is 1.79. The highest BCUT2D eigenvalue weighted by atomic mass is 127. The van der Waals surface area contributed by atoms with Gasteiger partial charge in [-0.1, -0.05) is 13.0 Å². The normalized spacial score (nSPS) is 16.6. The molecule has 0 aliphatic heterocycles. The van der Waals surface area contributed by atoms with Gasteiger partial charge >= 0.3 is 0 Å². The Bertz CT molecular complexity index is 374. The molecule has 2 rings (SSSR count). The highest BCUT2D eigenvalue weighted by Crippen LogP contribution is 2.27. The topological polar surface area (TPSA) is 36.4 Å². The minimum Gasteiger partial charge on any atom is -0.357 e. The molecule has 3 nitrogen and oxygen atoms in total. The summed E-state index contributed by atoms with van der Waals surface area (Å²) in [5.74, 6) is 2.35. The SMILES string of the molecule is CCNC(=NCC(C)c1cccs1)NCC1CC1.I. The van der Waals surface area contributed by atoms with E-state index >= 15 is 0 Å². The smallest absolute Gasteiger partial charge is 0.191 e. The maximum Gasteiger partial charge on any atom is 0.191 e. The van der Waals surface area contributed by atoms with Gasteiger partial charge in [0.25, 0.3) is 0 Å². The summed E-state index contributed by atoms with van der Waals surface area (Å²) in [6.07, 6.45) is 2.75. The fourth-order valence-corrected chi connectivity index (χ4v) is 2.57. The number of halogens is 1. The minimum absolute atomic E-state index is 0. The summed E-state index contributed by atoms with van der Waals surface area (Å²) in [6, 6.07) is 4.30. The highest BCUT2D eigenvalue weighted by molar-refractivity contribution is 14.0. The maximum absolute atomic E-state index is 4.67. The third kappa shape index (κ3) is 6.12. The molecule has 1 aliphatic carbocycles. The van der Waals surface area contributed by atoms with Crippen LogP contribution in [0.4, 0.5) is 0 Å². The van der Waals surface area contributed by atoms with E-state index in [4.69, 9.17) is 0 Å². The van der Waals surface area contributed by atoms with E-state index in [1.54, 1.807) is 0 Å². The Morgan fingerprint density at radius 2 is 2.26 bits per heavy atom. The lowest BCUT2D eigenvalue weighted by atomic mass is 10.1. The van der Waals surface area contributed by atoms with Crippen LogP contribution < -0.4 is 10.6 Å². The molecule has 0 aromatic carbocycles. The Morgan fingerprint density at radius 1 is 1.47 bits per heavy atom. The zero-order chi connectivity index (χ0) is 12.8. The first-order valence-corrected chi connectivity index (χ1v) is 7.73. The fraction of sp³-hybridized carbons (Fsp3) is 0.643. The molecule has 5 heteroatoms. The van der Waals surface area contributed by atoms with E-state index < -0.39 is 0 Å². The molecule has 1 fully saturated rings. The van der Waals surface area contributed by atoms with Gasteiger partial charge in [-0.05, 0) is 37.1 Å². The van der Waals surface area contributed by atoms with Gasteiger partial charge in [0.05, 0.1) is 6.54 Å². The van der Waals surface area contributed by atoms with Crippen molar-refractivity contribution in [2.24, 2.45) is 10.9 Å². The molecule has 1 unspecified atom stereocenters. The lowest BCUT2D eigenvalue weighted by Gasteiger charge is -2.12. The van der Waals surface area contributed by atoms with E-state index in [-0.39, 0.29) is 24.0 Å². The Balaban J connectivity index is 0.00000180. The first-order chi connectivity index (χ1) is 8.79. The molecule has 0 amide bonds. The molecule has 1 aromatic heterocycles. The van der Waals surface area contributed by atoms with E-state index in [0.29, 0.717) is 5.92 Å². The molecule has 0 saturated heterocycles. The van der Waals surface area contributed by atoms with Crippen LogP contribution >= 0.6 is 35.3 Å². The molecule has 19 heavy (non-hydrogen) atoms. The number of aliphatic imine (C=N–C) groups is 1. The standard InChI is InChI=1S/C14H23N3S.HI/c1-3-15-14(17-10-12-6-7-12)16-9-11(2)13-5-4-8-18-13;/h4-5,8,11-12H,3,6-7,9-10H2,1-2H3,(H2,15,16,17);1H. The Morgan fingerprint density at radius 3 is 2.84 bits per heavy atom. The van der Waals surface area contributed by atoms with Crippen molar-refractivity contribution in [1.29, 1.82) is 0 Å². The second kappa shape index (κ2) is 8.79. The van der Waals surface area contributed by atoms with Gasteiger partial charge in [-0.25, -0.2) is 0 Å². The summed E-state index contributed by atoms with van der Waals surface area (Å²) < 4.78 is 0. The number of nitrogens with one attached hydrogen (secondary N) is 2. The van der Waals surface area contributed by atoms with Gasteiger partial charge in [-0.15, -0.1) is 35.3 Å². The second-order valence-electron chi connectivity index (χ2n) is 4.96. The van der Waals surface area contributed by atoms with Crippen LogP contribution in [0.2, 0.25) is 0 Å². The van der Waals surface area contributed by atoms with Crippen molar-refractivity contribution >= 4 is 41.3 Å². The Hall–Kier alpha value is -0.300. The molecule has 0 bridgehead atoms. The van der Waals surface area contributed by atoms with Gasteiger partial charge in [0.2, 0.25) is 0 Å². The highest BCUT2D eigenvalue weighted by Gasteiger charge is 2.21. The van der Waals surface area contributed by atoms with Crippen molar-refractivity contribution in [2.75, 3.05) is 19.6 Å². The van der Waals surface area contributed by atoms with Crippen molar-refractivity contribution < 1.29 is 0 Å². The third-order valence-electron chi connectivity index (χ3n) is 3.15. The second-order valence-corrected chi connectivity index (χ2v) is 5.94. The predicted octanol–water partition coefficient (Wildman–Crippen LogP) is 3.43. The van der Waals surface area contributed by atoms with Gasteiger partial charge in [-0.2, -0.15) is 0 Å². The summed E-state index contributed by atoms with van der Waals surface area (Å²) in [5.41, 5.74) is 0. The number of rotatable bonds is 6. The molecular formula is C14H24IN3S. The Labute approximate surface area is 137 Å². The van der Waals surface area contributed by atoms with Crippen LogP contribution in [0.1, 0.15) is 37.5 Å². The predicted molar refractivity (Wildman–Crippen MR) is 94.9 cm³/mol. The van der Waals surface area contributed by atoms with E-state index in [9.17, 15) is 0 Å². The molecule has 2 N–H and O–H groups in total. The molecule has 0 radical (unpaired) electrons. The number of hydrogen-bond donors (Lipinski definition) is 2. The van der Waals surface area contributed by atoms with Gasteiger partial charge in [0.15, 0.2) is 5.96 Å². The van der Waals surface area contributed by atoms with Gasteiger partial charge < -0.3 is 10.6 Å². The van der Waals surface area contributed by atoms with E-state index in [2.05, 4.69) is 47.0 Å². The first-order valence-electron chi connectivity index (χ1n) is 6.85. The first kappa shape index (κ1) is 16.8. The summed E-state index contributed by atoms with van der Waals surface area (Å²) >= 11 is 1.81. The van der Waals surface area contributed by atoms with Crippen LogP contribution in [-0.4, -0.2) is 25.6 Å². The molecular weight excluding hydrogens is 369 g/mol. The van der Waals surface area contributed by atoms with Crippen LogP contribution in [0.15, 0.2) is 22.5 Å². The number of thiophene rings is 1. The largest absolute Gasteiger partial charge is 0.357 e. The monoisotopic (exact) mass is 393 g/mol.